The number of rotatable bonds is 2. The average Bonchev–Trinajstić information content (AvgIpc) is 2.28. The summed E-state index contributed by atoms with van der Waals surface area (Å²) in [7, 11) is 0. The minimum atomic E-state index is -4.45. The third-order valence-corrected chi connectivity index (χ3v) is 2.20. The lowest BCUT2D eigenvalue weighted by Crippen LogP contribution is -2.08. The standard InChI is InChI=1S/C12H10F3N3/c13-12(14,15)10-5-2-6-11(18-10)17-9-4-1-3-8(16)7-9/h1-7H,16H2,(H,17,18). The molecule has 0 aliphatic heterocycles. The molecule has 0 radical (unpaired) electrons. The molecule has 0 spiro atoms. The molecule has 18 heavy (non-hydrogen) atoms. The summed E-state index contributed by atoms with van der Waals surface area (Å²) in [5.41, 5.74) is 5.74. The summed E-state index contributed by atoms with van der Waals surface area (Å²) in [6, 6.07) is 10.4. The van der Waals surface area contributed by atoms with Crippen molar-refractivity contribution in [1.29, 1.82) is 0 Å². The third-order valence-electron chi connectivity index (χ3n) is 2.20. The topological polar surface area (TPSA) is 50.9 Å². The summed E-state index contributed by atoms with van der Waals surface area (Å²) in [5.74, 6) is 0.121. The molecule has 1 aromatic heterocycles. The van der Waals surface area contributed by atoms with Crippen LogP contribution in [0.15, 0.2) is 42.5 Å². The Bertz CT molecular complexity index is 552. The number of aromatic nitrogens is 1. The first kappa shape index (κ1) is 12.2. The van der Waals surface area contributed by atoms with Crippen LogP contribution in [0.5, 0.6) is 0 Å². The van der Waals surface area contributed by atoms with Crippen LogP contribution in [0.1, 0.15) is 5.69 Å². The van der Waals surface area contributed by atoms with Crippen molar-refractivity contribution in [2.75, 3.05) is 11.1 Å². The van der Waals surface area contributed by atoms with Gasteiger partial charge in [-0.25, -0.2) is 4.98 Å². The molecule has 0 amide bonds. The molecule has 0 aliphatic rings. The number of anilines is 3. The lowest BCUT2D eigenvalue weighted by Gasteiger charge is -2.09. The van der Waals surface area contributed by atoms with Crippen molar-refractivity contribution >= 4 is 17.2 Å². The number of nitrogen functional groups attached to an aromatic ring is 1. The Kier molecular flexibility index (Phi) is 3.10. The van der Waals surface area contributed by atoms with Gasteiger partial charge in [0.1, 0.15) is 11.5 Å². The van der Waals surface area contributed by atoms with Crippen molar-refractivity contribution in [1.82, 2.24) is 4.98 Å². The van der Waals surface area contributed by atoms with Gasteiger partial charge in [0, 0.05) is 11.4 Å². The molecule has 0 bridgehead atoms. The zero-order valence-corrected chi connectivity index (χ0v) is 9.20. The summed E-state index contributed by atoms with van der Waals surface area (Å²) in [4.78, 5) is 3.49. The van der Waals surface area contributed by atoms with Gasteiger partial charge in [-0.3, -0.25) is 0 Å². The molecule has 0 saturated carbocycles. The number of pyridine rings is 1. The van der Waals surface area contributed by atoms with Gasteiger partial charge in [-0.1, -0.05) is 12.1 Å². The Morgan fingerprint density at radius 2 is 1.78 bits per heavy atom. The maximum atomic E-state index is 12.5. The highest BCUT2D eigenvalue weighted by atomic mass is 19.4. The number of alkyl halides is 3. The second-order valence-corrected chi connectivity index (χ2v) is 3.66. The molecular formula is C12H10F3N3. The molecule has 0 atom stereocenters. The lowest BCUT2D eigenvalue weighted by atomic mass is 10.3. The van der Waals surface area contributed by atoms with Gasteiger partial charge in [0.2, 0.25) is 0 Å². The second-order valence-electron chi connectivity index (χ2n) is 3.66. The third kappa shape index (κ3) is 2.91. The largest absolute Gasteiger partial charge is 0.433 e. The number of hydrogen-bond donors (Lipinski definition) is 2. The minimum absolute atomic E-state index is 0.121. The molecule has 0 fully saturated rings. The van der Waals surface area contributed by atoms with Crippen LogP contribution in [0.4, 0.5) is 30.4 Å². The van der Waals surface area contributed by atoms with Crippen LogP contribution in [0.25, 0.3) is 0 Å². The molecule has 2 rings (SSSR count). The van der Waals surface area contributed by atoms with E-state index in [9.17, 15) is 13.2 Å². The fourth-order valence-corrected chi connectivity index (χ4v) is 1.43. The smallest absolute Gasteiger partial charge is 0.399 e. The molecule has 0 unspecified atom stereocenters. The van der Waals surface area contributed by atoms with Crippen LogP contribution < -0.4 is 11.1 Å². The van der Waals surface area contributed by atoms with E-state index >= 15 is 0 Å². The number of nitrogens with one attached hydrogen (secondary N) is 1. The average molecular weight is 253 g/mol. The Hall–Kier alpha value is -2.24. The number of hydrogen-bond acceptors (Lipinski definition) is 3. The lowest BCUT2D eigenvalue weighted by molar-refractivity contribution is -0.141. The van der Waals surface area contributed by atoms with E-state index in [-0.39, 0.29) is 5.82 Å². The van der Waals surface area contributed by atoms with E-state index in [2.05, 4.69) is 10.3 Å². The molecule has 2 aromatic rings. The molecule has 94 valence electrons. The van der Waals surface area contributed by atoms with E-state index in [0.717, 1.165) is 6.07 Å². The Balaban J connectivity index is 2.25. The van der Waals surface area contributed by atoms with Crippen molar-refractivity contribution in [3.8, 4) is 0 Å². The predicted molar refractivity (Wildman–Crippen MR) is 63.4 cm³/mol. The number of nitrogens with two attached hydrogens (primary N) is 1. The summed E-state index contributed by atoms with van der Waals surface area (Å²) in [6.45, 7) is 0. The number of halogens is 3. The highest BCUT2D eigenvalue weighted by Gasteiger charge is 2.32. The molecule has 0 aliphatic carbocycles. The first-order valence-electron chi connectivity index (χ1n) is 5.12. The molecule has 0 saturated heterocycles. The molecule has 6 heteroatoms. The van der Waals surface area contributed by atoms with E-state index in [4.69, 9.17) is 5.73 Å². The van der Waals surface area contributed by atoms with Crippen molar-refractivity contribution < 1.29 is 13.2 Å². The van der Waals surface area contributed by atoms with Crippen LogP contribution in [0.3, 0.4) is 0 Å². The monoisotopic (exact) mass is 253 g/mol. The van der Waals surface area contributed by atoms with Crippen LogP contribution in [-0.2, 0) is 6.18 Å². The normalized spacial score (nSPS) is 11.3. The Morgan fingerprint density at radius 3 is 2.44 bits per heavy atom. The van der Waals surface area contributed by atoms with Crippen molar-refractivity contribution in [2.24, 2.45) is 0 Å². The quantitative estimate of drug-likeness (QED) is 0.806. The summed E-state index contributed by atoms with van der Waals surface area (Å²) in [6.07, 6.45) is -4.45. The van der Waals surface area contributed by atoms with Crippen molar-refractivity contribution in [2.45, 2.75) is 6.18 Å². The van der Waals surface area contributed by atoms with Crippen molar-refractivity contribution in [3.05, 3.63) is 48.2 Å². The maximum absolute atomic E-state index is 12.5. The fourth-order valence-electron chi connectivity index (χ4n) is 1.43. The highest BCUT2D eigenvalue weighted by Crippen LogP contribution is 2.28. The van der Waals surface area contributed by atoms with Crippen LogP contribution >= 0.6 is 0 Å². The first-order valence-corrected chi connectivity index (χ1v) is 5.12. The van der Waals surface area contributed by atoms with E-state index in [1.165, 1.54) is 12.1 Å². The molecular weight excluding hydrogens is 243 g/mol. The zero-order valence-electron chi connectivity index (χ0n) is 9.20. The first-order chi connectivity index (χ1) is 8.45. The molecule has 3 N–H and O–H groups in total. The van der Waals surface area contributed by atoms with Gasteiger partial charge >= 0.3 is 6.18 Å². The second kappa shape index (κ2) is 4.56. The van der Waals surface area contributed by atoms with Gasteiger partial charge in [-0.15, -0.1) is 0 Å². The van der Waals surface area contributed by atoms with Gasteiger partial charge in [-0.05, 0) is 30.3 Å². The summed E-state index contributed by atoms with van der Waals surface area (Å²) >= 11 is 0. The van der Waals surface area contributed by atoms with Gasteiger partial charge in [0.05, 0.1) is 0 Å². The van der Waals surface area contributed by atoms with Crippen LogP contribution in [0.2, 0.25) is 0 Å². The molecule has 3 nitrogen and oxygen atoms in total. The van der Waals surface area contributed by atoms with Gasteiger partial charge in [0.15, 0.2) is 0 Å². The van der Waals surface area contributed by atoms with E-state index in [0.29, 0.717) is 11.4 Å². The SMILES string of the molecule is Nc1cccc(Nc2cccc(C(F)(F)F)n2)c1. The summed E-state index contributed by atoms with van der Waals surface area (Å²) < 4.78 is 37.4. The Morgan fingerprint density at radius 1 is 1.06 bits per heavy atom. The summed E-state index contributed by atoms with van der Waals surface area (Å²) in [5, 5.41) is 2.77. The van der Waals surface area contributed by atoms with Gasteiger partial charge in [-0.2, -0.15) is 13.2 Å². The fraction of sp³-hybridized carbons (Fsp3) is 0.0833. The van der Waals surface area contributed by atoms with E-state index < -0.39 is 11.9 Å². The van der Waals surface area contributed by atoms with Gasteiger partial charge in [0.25, 0.3) is 0 Å². The number of benzene rings is 1. The predicted octanol–water partition coefficient (Wildman–Crippen LogP) is 3.43. The maximum Gasteiger partial charge on any atom is 0.433 e. The molecule has 1 heterocycles. The van der Waals surface area contributed by atoms with E-state index in [1.807, 2.05) is 0 Å². The zero-order chi connectivity index (χ0) is 13.2. The van der Waals surface area contributed by atoms with Crippen molar-refractivity contribution in [3.63, 3.8) is 0 Å². The Labute approximate surface area is 101 Å². The minimum Gasteiger partial charge on any atom is -0.399 e. The number of nitrogens with zero attached hydrogens (tertiary/aromatic N) is 1. The van der Waals surface area contributed by atoms with Gasteiger partial charge < -0.3 is 11.1 Å². The van der Waals surface area contributed by atoms with E-state index in [1.54, 1.807) is 24.3 Å². The van der Waals surface area contributed by atoms with Crippen LogP contribution in [-0.4, -0.2) is 4.98 Å². The molecule has 1 aromatic carbocycles. The highest BCUT2D eigenvalue weighted by molar-refractivity contribution is 5.61. The van der Waals surface area contributed by atoms with Crippen LogP contribution in [0, 0.1) is 0 Å².